The van der Waals surface area contributed by atoms with Crippen molar-refractivity contribution in [1.29, 1.82) is 0 Å². The zero-order valence-electron chi connectivity index (χ0n) is 14.2. The van der Waals surface area contributed by atoms with Gasteiger partial charge in [0, 0.05) is 48.5 Å². The molecule has 0 radical (unpaired) electrons. The Kier molecular flexibility index (Phi) is 6.44. The number of allylic oxidation sites excluding steroid dienone is 4. The van der Waals surface area contributed by atoms with E-state index in [1.165, 1.54) is 0 Å². The highest BCUT2D eigenvalue weighted by atomic mass is 14.7. The van der Waals surface area contributed by atoms with E-state index < -0.39 is 0 Å². The smallest absolute Gasteiger partial charge is 0.0450 e. The molecule has 0 aliphatic heterocycles. The molecule has 2 heteroatoms. The lowest BCUT2D eigenvalue weighted by atomic mass is 10.0. The predicted molar refractivity (Wildman–Crippen MR) is 103 cm³/mol. The monoisotopic (exact) mass is 316 g/mol. The van der Waals surface area contributed by atoms with Crippen LogP contribution in [0, 0.1) is 0 Å². The molecule has 0 saturated heterocycles. The number of nitrogens with zero attached hydrogens (tertiary/aromatic N) is 2. The molecule has 0 unspecified atom stereocenters. The van der Waals surface area contributed by atoms with Crippen LogP contribution < -0.4 is 0 Å². The Morgan fingerprint density at radius 1 is 0.542 bits per heavy atom. The van der Waals surface area contributed by atoms with Crippen molar-refractivity contribution >= 4 is 0 Å². The maximum Gasteiger partial charge on any atom is 0.0450 e. The maximum absolute atomic E-state index is 4.67. The van der Waals surface area contributed by atoms with Crippen LogP contribution in [0.15, 0.2) is 74.9 Å². The minimum atomic E-state index is 0.752. The molecule has 0 spiro atoms. The van der Waals surface area contributed by atoms with Crippen LogP contribution in [0.5, 0.6) is 0 Å². The highest BCUT2D eigenvalue weighted by Gasteiger charge is 2.07. The molecule has 2 heterocycles. The van der Waals surface area contributed by atoms with Crippen molar-refractivity contribution in [3.05, 3.63) is 97.7 Å². The first kappa shape index (κ1) is 17.6. The Hall–Kier alpha value is -2.74. The molecule has 0 atom stereocenters. The second-order valence-corrected chi connectivity index (χ2v) is 5.65. The fourth-order valence-electron chi connectivity index (χ4n) is 2.64. The molecule has 0 aliphatic rings. The van der Waals surface area contributed by atoms with Gasteiger partial charge in [0.1, 0.15) is 0 Å². The molecule has 2 nitrogen and oxygen atoms in total. The average Bonchev–Trinajstić information content (AvgIpc) is 2.56. The Morgan fingerprint density at radius 3 is 1.00 bits per heavy atom. The number of hydrogen-bond donors (Lipinski definition) is 0. The first-order valence-corrected chi connectivity index (χ1v) is 8.13. The molecule has 2 aromatic rings. The van der Waals surface area contributed by atoms with Crippen molar-refractivity contribution in [1.82, 2.24) is 9.97 Å². The average molecular weight is 316 g/mol. The van der Waals surface area contributed by atoms with Gasteiger partial charge in [-0.15, -0.1) is 26.3 Å². The Labute approximate surface area is 145 Å². The van der Waals surface area contributed by atoms with Crippen LogP contribution in [0.25, 0.3) is 11.1 Å². The zero-order chi connectivity index (χ0) is 17.4. The van der Waals surface area contributed by atoms with Crippen molar-refractivity contribution in [3.8, 4) is 11.1 Å². The summed E-state index contributed by atoms with van der Waals surface area (Å²) in [5.41, 5.74) is 6.38. The van der Waals surface area contributed by atoms with E-state index in [0.717, 1.165) is 59.6 Å². The van der Waals surface area contributed by atoms with E-state index in [1.54, 1.807) is 0 Å². The van der Waals surface area contributed by atoms with Gasteiger partial charge in [0.25, 0.3) is 0 Å². The SMILES string of the molecule is C=CCc1cc(-c2cc(CC=C)nc(CC=C)c2)cc(CC=C)n1. The highest BCUT2D eigenvalue weighted by molar-refractivity contribution is 5.65. The van der Waals surface area contributed by atoms with Gasteiger partial charge in [-0.3, -0.25) is 9.97 Å². The molecule has 0 amide bonds. The molecule has 0 aromatic carbocycles. The second kappa shape index (κ2) is 8.78. The van der Waals surface area contributed by atoms with Gasteiger partial charge >= 0.3 is 0 Å². The van der Waals surface area contributed by atoms with Gasteiger partial charge in [0.2, 0.25) is 0 Å². The van der Waals surface area contributed by atoms with E-state index in [-0.39, 0.29) is 0 Å². The fraction of sp³-hybridized carbons (Fsp3) is 0.182. The summed E-state index contributed by atoms with van der Waals surface area (Å²) in [5.74, 6) is 0. The van der Waals surface area contributed by atoms with E-state index in [9.17, 15) is 0 Å². The van der Waals surface area contributed by atoms with E-state index >= 15 is 0 Å². The largest absolute Gasteiger partial charge is 0.257 e. The minimum Gasteiger partial charge on any atom is -0.257 e. The Balaban J connectivity index is 2.55. The third-order valence-corrected chi connectivity index (χ3v) is 3.61. The molecule has 0 N–H and O–H groups in total. The molecule has 0 fully saturated rings. The van der Waals surface area contributed by atoms with E-state index in [4.69, 9.17) is 0 Å². The van der Waals surface area contributed by atoms with Gasteiger partial charge in [-0.2, -0.15) is 0 Å². The van der Waals surface area contributed by atoms with Gasteiger partial charge in [-0.25, -0.2) is 0 Å². The lowest BCUT2D eigenvalue weighted by Crippen LogP contribution is -1.99. The van der Waals surface area contributed by atoms with Gasteiger partial charge in [0.15, 0.2) is 0 Å². The van der Waals surface area contributed by atoms with Crippen LogP contribution in [0.3, 0.4) is 0 Å². The van der Waals surface area contributed by atoms with Gasteiger partial charge in [0.05, 0.1) is 0 Å². The van der Waals surface area contributed by atoms with Crippen LogP contribution >= 0.6 is 0 Å². The summed E-state index contributed by atoms with van der Waals surface area (Å²) in [4.78, 5) is 9.33. The molecule has 0 bridgehead atoms. The molecule has 24 heavy (non-hydrogen) atoms. The second-order valence-electron chi connectivity index (χ2n) is 5.65. The normalized spacial score (nSPS) is 10.2. The summed E-state index contributed by atoms with van der Waals surface area (Å²) in [6, 6.07) is 8.50. The highest BCUT2D eigenvalue weighted by Crippen LogP contribution is 2.24. The topological polar surface area (TPSA) is 25.8 Å². The molecule has 2 rings (SSSR count). The zero-order valence-corrected chi connectivity index (χ0v) is 14.2. The molecule has 2 aromatic heterocycles. The van der Waals surface area contributed by atoms with Crippen LogP contribution in [0.2, 0.25) is 0 Å². The van der Waals surface area contributed by atoms with E-state index in [2.05, 4.69) is 60.5 Å². The number of pyridine rings is 2. The van der Waals surface area contributed by atoms with Crippen molar-refractivity contribution in [2.45, 2.75) is 25.7 Å². The standard InChI is InChI=1S/C22H24N2/c1-5-9-19-13-17(14-20(23-19)10-6-2)18-15-21(11-7-3)24-22(16-18)12-8-4/h5-8,13-16H,1-4,9-12H2. The van der Waals surface area contributed by atoms with Crippen molar-refractivity contribution in [3.63, 3.8) is 0 Å². The Morgan fingerprint density at radius 2 is 0.792 bits per heavy atom. The minimum absolute atomic E-state index is 0.752. The quantitative estimate of drug-likeness (QED) is 0.604. The van der Waals surface area contributed by atoms with Crippen LogP contribution in [0.1, 0.15) is 22.8 Å². The lowest BCUT2D eigenvalue weighted by molar-refractivity contribution is 1.02. The molecular weight excluding hydrogens is 292 g/mol. The summed E-state index contributed by atoms with van der Waals surface area (Å²) >= 11 is 0. The van der Waals surface area contributed by atoms with Crippen LogP contribution in [0.4, 0.5) is 0 Å². The summed E-state index contributed by atoms with van der Waals surface area (Å²) in [6.45, 7) is 15.3. The molecular formula is C22H24N2. The van der Waals surface area contributed by atoms with E-state index in [1.807, 2.05) is 24.3 Å². The summed E-state index contributed by atoms with van der Waals surface area (Å²) < 4.78 is 0. The first-order valence-electron chi connectivity index (χ1n) is 8.13. The van der Waals surface area contributed by atoms with Crippen LogP contribution in [-0.2, 0) is 25.7 Å². The van der Waals surface area contributed by atoms with Crippen molar-refractivity contribution in [2.24, 2.45) is 0 Å². The third kappa shape index (κ3) is 4.63. The first-order chi connectivity index (χ1) is 11.7. The molecule has 122 valence electrons. The van der Waals surface area contributed by atoms with Crippen molar-refractivity contribution in [2.75, 3.05) is 0 Å². The van der Waals surface area contributed by atoms with Crippen LogP contribution in [-0.4, -0.2) is 9.97 Å². The summed E-state index contributed by atoms with van der Waals surface area (Å²) in [5, 5.41) is 0. The maximum atomic E-state index is 4.67. The predicted octanol–water partition coefficient (Wildman–Crippen LogP) is 5.06. The molecule has 0 saturated carbocycles. The summed E-state index contributed by atoms with van der Waals surface area (Å²) in [7, 11) is 0. The number of rotatable bonds is 9. The third-order valence-electron chi connectivity index (χ3n) is 3.61. The van der Waals surface area contributed by atoms with E-state index in [0.29, 0.717) is 0 Å². The summed E-state index contributed by atoms with van der Waals surface area (Å²) in [6.07, 6.45) is 10.5. The lowest BCUT2D eigenvalue weighted by Gasteiger charge is -2.10. The fourth-order valence-corrected chi connectivity index (χ4v) is 2.64. The van der Waals surface area contributed by atoms with Gasteiger partial charge < -0.3 is 0 Å². The van der Waals surface area contributed by atoms with Gasteiger partial charge in [-0.05, 0) is 35.4 Å². The molecule has 0 aliphatic carbocycles. The number of hydrogen-bond acceptors (Lipinski definition) is 2. The Bertz CT molecular complexity index is 635. The van der Waals surface area contributed by atoms with Gasteiger partial charge in [-0.1, -0.05) is 24.3 Å². The number of aromatic nitrogens is 2. The van der Waals surface area contributed by atoms with Crippen molar-refractivity contribution < 1.29 is 0 Å².